The molecule has 1 unspecified atom stereocenters. The molecule has 0 spiro atoms. The molecule has 1 N–H and O–H groups in total. The van der Waals surface area contributed by atoms with Crippen LogP contribution < -0.4 is 5.32 Å². The molecule has 0 aliphatic carbocycles. The molecule has 0 aliphatic heterocycles. The van der Waals surface area contributed by atoms with Crippen molar-refractivity contribution in [2.75, 3.05) is 6.54 Å². The van der Waals surface area contributed by atoms with Crippen LogP contribution in [0.1, 0.15) is 26.2 Å². The predicted molar refractivity (Wildman–Crippen MR) is 63.2 cm³/mol. The quantitative estimate of drug-likeness (QED) is 0.450. The van der Waals surface area contributed by atoms with Crippen molar-refractivity contribution < 1.29 is 61.5 Å². The van der Waals surface area contributed by atoms with Crippen molar-refractivity contribution in [2.45, 2.75) is 68.3 Å². The monoisotopic (exact) mass is 437 g/mol. The van der Waals surface area contributed by atoms with Gasteiger partial charge in [0.2, 0.25) is 0 Å². The average Bonchev–Trinajstić information content (AvgIpc) is 2.30. The highest BCUT2D eigenvalue weighted by molar-refractivity contribution is 4.88. The zero-order chi connectivity index (χ0) is 22.1. The molecule has 0 aromatic rings. The van der Waals surface area contributed by atoms with Crippen LogP contribution in [0.4, 0.5) is 61.5 Å². The first-order valence-electron chi connectivity index (χ1n) is 6.89. The van der Waals surface area contributed by atoms with Crippen LogP contribution in [0.3, 0.4) is 0 Å². The van der Waals surface area contributed by atoms with E-state index in [4.69, 9.17) is 0 Å². The number of nitrogens with one attached hydrogen (secondary N) is 1. The predicted octanol–water partition coefficient (Wildman–Crippen LogP) is 5.80. The van der Waals surface area contributed by atoms with Crippen LogP contribution in [0.15, 0.2) is 0 Å². The fourth-order valence-electron chi connectivity index (χ4n) is 1.83. The highest BCUT2D eigenvalue weighted by atomic mass is 19.4. The van der Waals surface area contributed by atoms with Crippen LogP contribution in [0.25, 0.3) is 0 Å². The molecule has 0 radical (unpaired) electrons. The lowest BCUT2D eigenvalue weighted by Gasteiger charge is -2.29. The summed E-state index contributed by atoms with van der Waals surface area (Å²) in [5.74, 6) is -21.0. The standard InChI is InChI=1S/C12H13F14N/c1-6(2-7(13,14)3-9(17,18)11(21,22)23)27-5-8(15,16)4-10(19,20)12(24,25)26/h6,27H,2-5H2,1H3. The summed E-state index contributed by atoms with van der Waals surface area (Å²) in [5.41, 5.74) is 0. The Balaban J connectivity index is 4.81. The first-order chi connectivity index (χ1) is 11.5. The zero-order valence-electron chi connectivity index (χ0n) is 13.2. The van der Waals surface area contributed by atoms with E-state index in [0.717, 1.165) is 0 Å². The number of hydrogen-bond donors (Lipinski definition) is 1. The minimum absolute atomic E-state index is 0.623. The fraction of sp³-hybridized carbons (Fsp3) is 1.00. The molecule has 0 fully saturated rings. The highest BCUT2D eigenvalue weighted by Crippen LogP contribution is 2.44. The van der Waals surface area contributed by atoms with Crippen LogP contribution in [-0.4, -0.2) is 48.6 Å². The highest BCUT2D eigenvalue weighted by Gasteiger charge is 2.62. The normalized spacial score (nSPS) is 16.6. The van der Waals surface area contributed by atoms with Crippen molar-refractivity contribution in [2.24, 2.45) is 0 Å². The number of hydrogen-bond acceptors (Lipinski definition) is 1. The Morgan fingerprint density at radius 2 is 0.926 bits per heavy atom. The summed E-state index contributed by atoms with van der Waals surface area (Å²) in [6.07, 6.45) is -20.4. The minimum atomic E-state index is -6.29. The second-order valence-electron chi connectivity index (χ2n) is 5.96. The van der Waals surface area contributed by atoms with Gasteiger partial charge in [0, 0.05) is 12.5 Å². The molecule has 15 heteroatoms. The Morgan fingerprint density at radius 1 is 0.593 bits per heavy atom. The minimum Gasteiger partial charge on any atom is -0.308 e. The van der Waals surface area contributed by atoms with Gasteiger partial charge in [-0.1, -0.05) is 0 Å². The molecular formula is C12H13F14N. The molecule has 0 aliphatic rings. The largest absolute Gasteiger partial charge is 0.453 e. The Morgan fingerprint density at radius 3 is 1.26 bits per heavy atom. The Bertz CT molecular complexity index is 477. The first kappa shape index (κ1) is 26.0. The molecule has 0 saturated carbocycles. The van der Waals surface area contributed by atoms with E-state index in [9.17, 15) is 61.5 Å². The maximum absolute atomic E-state index is 13.3. The first-order valence-corrected chi connectivity index (χ1v) is 6.89. The molecule has 0 bridgehead atoms. The van der Waals surface area contributed by atoms with E-state index in [1.165, 1.54) is 5.32 Å². The maximum Gasteiger partial charge on any atom is 0.453 e. The lowest BCUT2D eigenvalue weighted by Crippen LogP contribution is -2.48. The Kier molecular flexibility index (Phi) is 7.48. The summed E-state index contributed by atoms with van der Waals surface area (Å²) < 4.78 is 175. The molecule has 1 atom stereocenters. The number of halogens is 14. The van der Waals surface area contributed by atoms with Crippen molar-refractivity contribution >= 4 is 0 Å². The third-order valence-electron chi connectivity index (χ3n) is 3.10. The lowest BCUT2D eigenvalue weighted by molar-refractivity contribution is -0.301. The van der Waals surface area contributed by atoms with E-state index in [2.05, 4.69) is 0 Å². The van der Waals surface area contributed by atoms with Gasteiger partial charge >= 0.3 is 24.2 Å². The smallest absolute Gasteiger partial charge is 0.308 e. The number of rotatable bonds is 9. The molecule has 0 amide bonds. The molecule has 0 saturated heterocycles. The summed E-state index contributed by atoms with van der Waals surface area (Å²) in [6.45, 7) is -1.34. The van der Waals surface area contributed by atoms with Gasteiger partial charge in [-0.05, 0) is 6.92 Å². The van der Waals surface area contributed by atoms with Crippen molar-refractivity contribution in [3.05, 3.63) is 0 Å². The topological polar surface area (TPSA) is 12.0 Å². The summed E-state index contributed by atoms with van der Waals surface area (Å²) in [6, 6.07) is -1.91. The van der Waals surface area contributed by atoms with E-state index in [1.807, 2.05) is 0 Å². The van der Waals surface area contributed by atoms with E-state index in [1.54, 1.807) is 0 Å². The summed E-state index contributed by atoms with van der Waals surface area (Å²) in [7, 11) is 0. The summed E-state index contributed by atoms with van der Waals surface area (Å²) in [4.78, 5) is 0. The maximum atomic E-state index is 13.3. The second kappa shape index (κ2) is 7.78. The van der Waals surface area contributed by atoms with Gasteiger partial charge in [-0.15, -0.1) is 0 Å². The van der Waals surface area contributed by atoms with E-state index in [-0.39, 0.29) is 0 Å². The molecular weight excluding hydrogens is 424 g/mol. The van der Waals surface area contributed by atoms with Gasteiger partial charge in [0.05, 0.1) is 19.4 Å². The van der Waals surface area contributed by atoms with Gasteiger partial charge in [-0.2, -0.15) is 43.9 Å². The van der Waals surface area contributed by atoms with Gasteiger partial charge in [0.1, 0.15) is 0 Å². The number of alkyl halides is 14. The van der Waals surface area contributed by atoms with Crippen LogP contribution in [0.2, 0.25) is 0 Å². The molecule has 0 aromatic carbocycles. The van der Waals surface area contributed by atoms with Gasteiger partial charge in [-0.25, -0.2) is 17.6 Å². The van der Waals surface area contributed by atoms with Crippen molar-refractivity contribution in [3.63, 3.8) is 0 Å². The van der Waals surface area contributed by atoms with Gasteiger partial charge < -0.3 is 5.32 Å². The van der Waals surface area contributed by atoms with Crippen LogP contribution >= 0.6 is 0 Å². The summed E-state index contributed by atoms with van der Waals surface area (Å²) in [5, 5.41) is 1.42. The molecule has 164 valence electrons. The van der Waals surface area contributed by atoms with Crippen LogP contribution in [-0.2, 0) is 0 Å². The molecule has 27 heavy (non-hydrogen) atoms. The third kappa shape index (κ3) is 8.25. The third-order valence-corrected chi connectivity index (χ3v) is 3.10. The van der Waals surface area contributed by atoms with Crippen molar-refractivity contribution in [3.8, 4) is 0 Å². The van der Waals surface area contributed by atoms with Crippen LogP contribution in [0.5, 0.6) is 0 Å². The van der Waals surface area contributed by atoms with E-state index < -0.39 is 67.9 Å². The molecule has 0 heterocycles. The Hall–Kier alpha value is -1.02. The second-order valence-corrected chi connectivity index (χ2v) is 5.96. The van der Waals surface area contributed by atoms with Crippen LogP contribution in [0, 0.1) is 0 Å². The van der Waals surface area contributed by atoms with E-state index >= 15 is 0 Å². The van der Waals surface area contributed by atoms with Gasteiger partial charge in [0.25, 0.3) is 11.8 Å². The van der Waals surface area contributed by atoms with Crippen molar-refractivity contribution in [1.29, 1.82) is 0 Å². The molecule has 1 nitrogen and oxygen atoms in total. The Labute approximate surface area is 143 Å². The van der Waals surface area contributed by atoms with E-state index in [0.29, 0.717) is 6.92 Å². The lowest BCUT2D eigenvalue weighted by atomic mass is 10.0. The molecule has 0 aromatic heterocycles. The van der Waals surface area contributed by atoms with Gasteiger partial charge in [-0.3, -0.25) is 0 Å². The zero-order valence-corrected chi connectivity index (χ0v) is 13.2. The average molecular weight is 437 g/mol. The summed E-state index contributed by atoms with van der Waals surface area (Å²) >= 11 is 0. The SMILES string of the molecule is CC(CC(F)(F)CC(F)(F)C(F)(F)F)NCC(F)(F)CC(F)(F)C(F)(F)F. The fourth-order valence-corrected chi connectivity index (χ4v) is 1.83. The van der Waals surface area contributed by atoms with Crippen molar-refractivity contribution in [1.82, 2.24) is 5.32 Å². The van der Waals surface area contributed by atoms with Gasteiger partial charge in [0.15, 0.2) is 0 Å². The molecule has 0 rings (SSSR count).